The number of nitrogens with one attached hydrogen (secondary N) is 1. The molecule has 1 amide bonds. The smallest absolute Gasteiger partial charge is 0.255 e. The van der Waals surface area contributed by atoms with Gasteiger partial charge in [-0.2, -0.15) is 0 Å². The number of unbranched alkanes of at least 4 members (excludes halogenated alkanes) is 1. The predicted molar refractivity (Wildman–Crippen MR) is 75.3 cm³/mol. The second kappa shape index (κ2) is 6.33. The largest absolute Gasteiger partial charge is 0.352 e. The lowest BCUT2D eigenvalue weighted by molar-refractivity contribution is 0.0954. The van der Waals surface area contributed by atoms with Crippen molar-refractivity contribution in [3.05, 3.63) is 36.3 Å². The fourth-order valence-electron chi connectivity index (χ4n) is 1.98. The van der Waals surface area contributed by atoms with Crippen molar-refractivity contribution in [3.8, 4) is 0 Å². The van der Waals surface area contributed by atoms with Crippen LogP contribution in [0.2, 0.25) is 0 Å². The van der Waals surface area contributed by atoms with Crippen LogP contribution in [-0.4, -0.2) is 47.4 Å². The quantitative estimate of drug-likeness (QED) is 0.799. The first-order valence-electron chi connectivity index (χ1n) is 6.53. The van der Waals surface area contributed by atoms with E-state index in [0.29, 0.717) is 17.8 Å². The van der Waals surface area contributed by atoms with Crippen molar-refractivity contribution in [3.63, 3.8) is 0 Å². The molecule has 2 aromatic heterocycles. The summed E-state index contributed by atoms with van der Waals surface area (Å²) in [6, 6.07) is 3.66. The van der Waals surface area contributed by atoms with Crippen molar-refractivity contribution in [1.29, 1.82) is 0 Å². The maximum atomic E-state index is 12.1. The van der Waals surface area contributed by atoms with E-state index in [4.69, 9.17) is 0 Å². The Bertz CT molecular complexity index is 547. The first-order valence-corrected chi connectivity index (χ1v) is 6.53. The number of imidazole rings is 1. The van der Waals surface area contributed by atoms with Gasteiger partial charge in [-0.15, -0.1) is 0 Å². The fraction of sp³-hybridized carbons (Fsp3) is 0.429. The second-order valence-electron chi connectivity index (χ2n) is 4.85. The maximum absolute atomic E-state index is 12.1. The Morgan fingerprint density at radius 2 is 2.21 bits per heavy atom. The normalized spacial score (nSPS) is 11.1. The second-order valence-corrected chi connectivity index (χ2v) is 4.85. The maximum Gasteiger partial charge on any atom is 0.255 e. The van der Waals surface area contributed by atoms with E-state index in [1.54, 1.807) is 12.3 Å². The van der Waals surface area contributed by atoms with Gasteiger partial charge in [-0.25, -0.2) is 4.98 Å². The van der Waals surface area contributed by atoms with Crippen molar-refractivity contribution >= 4 is 11.6 Å². The summed E-state index contributed by atoms with van der Waals surface area (Å²) in [6.07, 6.45) is 7.49. The van der Waals surface area contributed by atoms with E-state index in [0.717, 1.165) is 19.4 Å². The number of amides is 1. The van der Waals surface area contributed by atoms with Crippen LogP contribution in [0.4, 0.5) is 0 Å². The highest BCUT2D eigenvalue weighted by molar-refractivity contribution is 5.99. The topological polar surface area (TPSA) is 49.6 Å². The van der Waals surface area contributed by atoms with Gasteiger partial charge in [0.05, 0.1) is 5.56 Å². The number of nitrogens with zero attached hydrogens (tertiary/aromatic N) is 3. The van der Waals surface area contributed by atoms with E-state index < -0.39 is 0 Å². The van der Waals surface area contributed by atoms with Crippen molar-refractivity contribution in [2.24, 2.45) is 0 Å². The summed E-state index contributed by atoms with van der Waals surface area (Å²) >= 11 is 0. The lowest BCUT2D eigenvalue weighted by Gasteiger charge is -2.09. The molecule has 102 valence electrons. The van der Waals surface area contributed by atoms with E-state index in [9.17, 15) is 4.79 Å². The Labute approximate surface area is 113 Å². The van der Waals surface area contributed by atoms with Gasteiger partial charge in [-0.3, -0.25) is 4.79 Å². The summed E-state index contributed by atoms with van der Waals surface area (Å²) in [5, 5.41) is 2.94. The minimum atomic E-state index is -0.0540. The lowest BCUT2D eigenvalue weighted by Crippen LogP contribution is -2.25. The van der Waals surface area contributed by atoms with Crippen LogP contribution in [0.15, 0.2) is 30.7 Å². The van der Waals surface area contributed by atoms with Crippen LogP contribution >= 0.6 is 0 Å². The zero-order chi connectivity index (χ0) is 13.7. The molecule has 19 heavy (non-hydrogen) atoms. The molecular weight excluding hydrogens is 240 g/mol. The summed E-state index contributed by atoms with van der Waals surface area (Å²) in [7, 11) is 4.11. The van der Waals surface area contributed by atoms with Crippen molar-refractivity contribution in [2.45, 2.75) is 12.8 Å². The summed E-state index contributed by atoms with van der Waals surface area (Å²) < 4.78 is 1.85. The van der Waals surface area contributed by atoms with Gasteiger partial charge in [0, 0.05) is 25.1 Å². The van der Waals surface area contributed by atoms with Gasteiger partial charge in [-0.1, -0.05) is 0 Å². The van der Waals surface area contributed by atoms with Crippen molar-refractivity contribution in [1.82, 2.24) is 19.6 Å². The number of rotatable bonds is 6. The average molecular weight is 260 g/mol. The average Bonchev–Trinajstić information content (AvgIpc) is 2.85. The summed E-state index contributed by atoms with van der Waals surface area (Å²) in [4.78, 5) is 18.4. The zero-order valence-corrected chi connectivity index (χ0v) is 11.5. The predicted octanol–water partition coefficient (Wildman–Crippen LogP) is 1.41. The molecule has 0 atom stereocenters. The third-order valence-electron chi connectivity index (χ3n) is 2.98. The van der Waals surface area contributed by atoms with Crippen LogP contribution in [0.5, 0.6) is 0 Å². The number of fused-ring (bicyclic) bond motifs is 1. The molecule has 2 heterocycles. The molecule has 0 saturated carbocycles. The molecule has 0 unspecified atom stereocenters. The molecule has 5 nitrogen and oxygen atoms in total. The number of carbonyl (C=O) groups is 1. The van der Waals surface area contributed by atoms with E-state index >= 15 is 0 Å². The fourth-order valence-corrected chi connectivity index (χ4v) is 1.98. The van der Waals surface area contributed by atoms with Gasteiger partial charge >= 0.3 is 0 Å². The van der Waals surface area contributed by atoms with Gasteiger partial charge in [-0.05, 0) is 45.6 Å². The molecule has 0 spiro atoms. The molecular formula is C14H20N4O. The Morgan fingerprint density at radius 3 is 3.00 bits per heavy atom. The minimum absolute atomic E-state index is 0.0540. The number of hydrogen-bond donors (Lipinski definition) is 1. The third-order valence-corrected chi connectivity index (χ3v) is 2.98. The molecule has 1 N–H and O–H groups in total. The molecule has 0 aliphatic carbocycles. The number of hydrogen-bond acceptors (Lipinski definition) is 3. The summed E-state index contributed by atoms with van der Waals surface area (Å²) in [5.41, 5.74) is 1.33. The van der Waals surface area contributed by atoms with E-state index in [2.05, 4.69) is 29.3 Å². The molecule has 5 heteroatoms. The molecule has 0 aliphatic heterocycles. The number of pyridine rings is 1. The summed E-state index contributed by atoms with van der Waals surface area (Å²) in [6.45, 7) is 1.75. The van der Waals surface area contributed by atoms with Crippen LogP contribution < -0.4 is 5.32 Å². The molecule has 0 fully saturated rings. The number of aromatic nitrogens is 2. The Balaban J connectivity index is 1.88. The first-order chi connectivity index (χ1) is 9.18. The van der Waals surface area contributed by atoms with Gasteiger partial charge in [0.1, 0.15) is 5.65 Å². The monoisotopic (exact) mass is 260 g/mol. The van der Waals surface area contributed by atoms with Crippen LogP contribution in [0.25, 0.3) is 5.65 Å². The van der Waals surface area contributed by atoms with E-state index in [-0.39, 0.29) is 5.91 Å². The first kappa shape index (κ1) is 13.5. The SMILES string of the molecule is CN(C)CCCCNC(=O)c1cccn2ccnc12. The zero-order valence-electron chi connectivity index (χ0n) is 11.5. The van der Waals surface area contributed by atoms with Crippen LogP contribution in [0.3, 0.4) is 0 Å². The third kappa shape index (κ3) is 3.54. The Kier molecular flexibility index (Phi) is 4.52. The summed E-state index contributed by atoms with van der Waals surface area (Å²) in [5.74, 6) is -0.0540. The Morgan fingerprint density at radius 1 is 1.37 bits per heavy atom. The van der Waals surface area contributed by atoms with E-state index in [1.807, 2.05) is 22.9 Å². The molecule has 0 bridgehead atoms. The highest BCUT2D eigenvalue weighted by atomic mass is 16.1. The molecule has 2 aromatic rings. The molecule has 0 saturated heterocycles. The van der Waals surface area contributed by atoms with Gasteiger partial charge < -0.3 is 14.6 Å². The van der Waals surface area contributed by atoms with Gasteiger partial charge in [0.15, 0.2) is 0 Å². The highest BCUT2D eigenvalue weighted by Crippen LogP contribution is 2.08. The molecule has 0 aliphatic rings. The molecule has 2 rings (SSSR count). The number of carbonyl (C=O) groups excluding carboxylic acids is 1. The van der Waals surface area contributed by atoms with E-state index in [1.165, 1.54) is 0 Å². The van der Waals surface area contributed by atoms with Crippen molar-refractivity contribution < 1.29 is 4.79 Å². The van der Waals surface area contributed by atoms with Gasteiger partial charge in [0.25, 0.3) is 5.91 Å². The Hall–Kier alpha value is -1.88. The van der Waals surface area contributed by atoms with Crippen LogP contribution in [0, 0.1) is 0 Å². The van der Waals surface area contributed by atoms with Crippen LogP contribution in [-0.2, 0) is 0 Å². The standard InChI is InChI=1S/C14H20N4O/c1-17(2)9-4-3-7-16-14(19)12-6-5-10-18-11-8-15-13(12)18/h5-6,8,10-11H,3-4,7,9H2,1-2H3,(H,16,19). The van der Waals surface area contributed by atoms with Gasteiger partial charge in [0.2, 0.25) is 0 Å². The van der Waals surface area contributed by atoms with Crippen molar-refractivity contribution in [2.75, 3.05) is 27.2 Å². The highest BCUT2D eigenvalue weighted by Gasteiger charge is 2.10. The lowest BCUT2D eigenvalue weighted by atomic mass is 10.2. The van der Waals surface area contributed by atoms with Crippen LogP contribution in [0.1, 0.15) is 23.2 Å². The molecule has 0 aromatic carbocycles. The molecule has 0 radical (unpaired) electrons. The minimum Gasteiger partial charge on any atom is -0.352 e.